The van der Waals surface area contributed by atoms with Crippen LogP contribution in [0.1, 0.15) is 32.8 Å². The number of carbonyl (C=O) groups is 1. The van der Waals surface area contributed by atoms with Gasteiger partial charge in [0, 0.05) is 13.0 Å². The maximum Gasteiger partial charge on any atom is 0.223 e. The van der Waals surface area contributed by atoms with Gasteiger partial charge in [-0.2, -0.15) is 5.26 Å². The molecule has 5 heteroatoms. The second kappa shape index (κ2) is 8.93. The van der Waals surface area contributed by atoms with Crippen molar-refractivity contribution >= 4 is 5.91 Å². The lowest BCUT2D eigenvalue weighted by Crippen LogP contribution is -2.37. The zero-order chi connectivity index (χ0) is 16.5. The summed E-state index contributed by atoms with van der Waals surface area (Å²) in [6.45, 7) is 6.65. The van der Waals surface area contributed by atoms with Crippen LogP contribution in [0.15, 0.2) is 18.2 Å². The number of aryl methyl sites for hydroxylation is 1. The summed E-state index contributed by atoms with van der Waals surface area (Å²) >= 11 is 0. The molecule has 1 aromatic rings. The highest BCUT2D eigenvalue weighted by atomic mass is 16.5. The highest BCUT2D eigenvalue weighted by Crippen LogP contribution is 2.28. The fraction of sp³-hybridized carbons (Fsp3) is 0.529. The van der Waals surface area contributed by atoms with E-state index in [0.29, 0.717) is 37.5 Å². The molecular formula is C17H24N2O3. The summed E-state index contributed by atoms with van der Waals surface area (Å²) in [7, 11) is 1.60. The van der Waals surface area contributed by atoms with Crippen LogP contribution in [-0.4, -0.2) is 37.1 Å². The van der Waals surface area contributed by atoms with Gasteiger partial charge in [0.2, 0.25) is 5.91 Å². The van der Waals surface area contributed by atoms with Crippen LogP contribution in [0.25, 0.3) is 0 Å². The van der Waals surface area contributed by atoms with E-state index in [1.54, 1.807) is 18.9 Å². The molecule has 1 amide bonds. The van der Waals surface area contributed by atoms with Crippen molar-refractivity contribution in [2.75, 3.05) is 20.3 Å². The van der Waals surface area contributed by atoms with Gasteiger partial charge in [0.15, 0.2) is 11.5 Å². The monoisotopic (exact) mass is 304 g/mol. The van der Waals surface area contributed by atoms with Crippen molar-refractivity contribution in [1.82, 2.24) is 4.90 Å². The highest BCUT2D eigenvalue weighted by molar-refractivity contribution is 5.77. The first kappa shape index (κ1) is 17.8. The number of amides is 1. The molecule has 0 heterocycles. The molecule has 0 aliphatic heterocycles. The number of ether oxygens (including phenoxy) is 2. The van der Waals surface area contributed by atoms with E-state index in [2.05, 4.69) is 6.07 Å². The molecule has 0 aliphatic carbocycles. The minimum absolute atomic E-state index is 0.00981. The lowest BCUT2D eigenvalue weighted by molar-refractivity contribution is -0.131. The second-order valence-corrected chi connectivity index (χ2v) is 4.90. The third kappa shape index (κ3) is 4.66. The summed E-state index contributed by atoms with van der Waals surface area (Å²) in [5.41, 5.74) is 1.01. The maximum atomic E-state index is 12.2. The molecule has 0 bridgehead atoms. The van der Waals surface area contributed by atoms with Gasteiger partial charge in [0.05, 0.1) is 19.8 Å². The van der Waals surface area contributed by atoms with Crippen molar-refractivity contribution in [3.63, 3.8) is 0 Å². The Morgan fingerprint density at radius 2 is 2.09 bits per heavy atom. The van der Waals surface area contributed by atoms with E-state index in [-0.39, 0.29) is 5.91 Å². The number of benzene rings is 1. The molecule has 1 unspecified atom stereocenters. The van der Waals surface area contributed by atoms with Crippen molar-refractivity contribution in [1.29, 1.82) is 5.26 Å². The highest BCUT2D eigenvalue weighted by Gasteiger charge is 2.17. The van der Waals surface area contributed by atoms with Crippen LogP contribution in [-0.2, 0) is 11.2 Å². The van der Waals surface area contributed by atoms with Gasteiger partial charge in [-0.1, -0.05) is 6.07 Å². The van der Waals surface area contributed by atoms with Gasteiger partial charge in [-0.15, -0.1) is 0 Å². The van der Waals surface area contributed by atoms with Gasteiger partial charge in [0.25, 0.3) is 0 Å². The van der Waals surface area contributed by atoms with Gasteiger partial charge < -0.3 is 14.4 Å². The van der Waals surface area contributed by atoms with Crippen LogP contribution in [0.2, 0.25) is 0 Å². The lowest BCUT2D eigenvalue weighted by atomic mass is 10.1. The van der Waals surface area contributed by atoms with Crippen molar-refractivity contribution in [3.05, 3.63) is 23.8 Å². The quantitative estimate of drug-likeness (QED) is 0.741. The number of rotatable bonds is 8. The predicted octanol–water partition coefficient (Wildman–Crippen LogP) is 2.79. The first-order valence-corrected chi connectivity index (χ1v) is 7.56. The van der Waals surface area contributed by atoms with E-state index < -0.39 is 6.04 Å². The van der Waals surface area contributed by atoms with E-state index in [1.807, 2.05) is 32.0 Å². The second-order valence-electron chi connectivity index (χ2n) is 4.90. The number of nitrogens with zero attached hydrogens (tertiary/aromatic N) is 2. The fourth-order valence-electron chi connectivity index (χ4n) is 2.27. The largest absolute Gasteiger partial charge is 0.493 e. The zero-order valence-corrected chi connectivity index (χ0v) is 13.8. The Labute approximate surface area is 132 Å². The van der Waals surface area contributed by atoms with Gasteiger partial charge in [-0.05, 0) is 44.9 Å². The molecule has 0 fully saturated rings. The van der Waals surface area contributed by atoms with Crippen molar-refractivity contribution in [2.45, 2.75) is 39.7 Å². The Morgan fingerprint density at radius 1 is 1.36 bits per heavy atom. The van der Waals surface area contributed by atoms with E-state index in [0.717, 1.165) is 5.56 Å². The van der Waals surface area contributed by atoms with Crippen LogP contribution in [0.5, 0.6) is 11.5 Å². The Balaban J connectivity index is 2.72. The van der Waals surface area contributed by atoms with Gasteiger partial charge in [0.1, 0.15) is 6.04 Å². The van der Waals surface area contributed by atoms with E-state index in [9.17, 15) is 4.79 Å². The number of hydrogen-bond acceptors (Lipinski definition) is 4. The molecule has 1 rings (SSSR count). The lowest BCUT2D eigenvalue weighted by Gasteiger charge is -2.23. The first-order valence-electron chi connectivity index (χ1n) is 7.56. The maximum absolute atomic E-state index is 12.2. The summed E-state index contributed by atoms with van der Waals surface area (Å²) < 4.78 is 10.8. The minimum Gasteiger partial charge on any atom is -0.493 e. The SMILES string of the molecule is CCOc1ccc(CCC(=O)N(CC)C(C)C#N)cc1OC. The summed E-state index contributed by atoms with van der Waals surface area (Å²) in [5, 5.41) is 8.95. The molecule has 0 spiro atoms. The Morgan fingerprint density at radius 3 is 2.64 bits per heavy atom. The number of hydrogen-bond donors (Lipinski definition) is 0. The predicted molar refractivity (Wildman–Crippen MR) is 84.9 cm³/mol. The van der Waals surface area contributed by atoms with Crippen molar-refractivity contribution < 1.29 is 14.3 Å². The molecule has 1 atom stereocenters. The molecule has 0 saturated heterocycles. The molecular weight excluding hydrogens is 280 g/mol. The molecule has 5 nitrogen and oxygen atoms in total. The summed E-state index contributed by atoms with van der Waals surface area (Å²) in [4.78, 5) is 13.8. The molecule has 0 saturated carbocycles. The van der Waals surface area contributed by atoms with Crippen LogP contribution < -0.4 is 9.47 Å². The summed E-state index contributed by atoms with van der Waals surface area (Å²) in [6, 6.07) is 7.39. The molecule has 0 aliphatic rings. The average Bonchev–Trinajstić information content (AvgIpc) is 2.54. The number of methoxy groups -OCH3 is 1. The third-order valence-corrected chi connectivity index (χ3v) is 3.47. The van der Waals surface area contributed by atoms with Crippen molar-refractivity contribution in [3.8, 4) is 17.6 Å². The molecule has 1 aromatic carbocycles. The van der Waals surface area contributed by atoms with Gasteiger partial charge in [-0.25, -0.2) is 0 Å². The molecule has 0 radical (unpaired) electrons. The molecule has 22 heavy (non-hydrogen) atoms. The van der Waals surface area contributed by atoms with Gasteiger partial charge in [-0.3, -0.25) is 4.79 Å². The zero-order valence-electron chi connectivity index (χ0n) is 13.8. The van der Waals surface area contributed by atoms with E-state index in [4.69, 9.17) is 14.7 Å². The normalized spacial score (nSPS) is 11.4. The van der Waals surface area contributed by atoms with Crippen LogP contribution >= 0.6 is 0 Å². The standard InChI is InChI=1S/C17H24N2O3/c1-5-19(13(3)12-18)17(20)10-8-14-7-9-15(22-6-2)16(11-14)21-4/h7,9,11,13H,5-6,8,10H2,1-4H3. The molecule has 120 valence electrons. The Kier molecular flexibility index (Phi) is 7.24. The molecule has 0 N–H and O–H groups in total. The number of carbonyl (C=O) groups excluding carboxylic acids is 1. The van der Waals surface area contributed by atoms with Crippen LogP contribution in [0, 0.1) is 11.3 Å². The summed E-state index contributed by atoms with van der Waals surface area (Å²) in [5.74, 6) is 1.36. The first-order chi connectivity index (χ1) is 10.6. The number of nitriles is 1. The average molecular weight is 304 g/mol. The summed E-state index contributed by atoms with van der Waals surface area (Å²) in [6.07, 6.45) is 0.979. The van der Waals surface area contributed by atoms with Crippen LogP contribution in [0.3, 0.4) is 0 Å². The Hall–Kier alpha value is -2.22. The smallest absolute Gasteiger partial charge is 0.223 e. The molecule has 0 aromatic heterocycles. The van der Waals surface area contributed by atoms with Crippen LogP contribution in [0.4, 0.5) is 0 Å². The Bertz CT molecular complexity index is 537. The van der Waals surface area contributed by atoms with E-state index in [1.165, 1.54) is 0 Å². The topological polar surface area (TPSA) is 62.6 Å². The fourth-order valence-corrected chi connectivity index (χ4v) is 2.27. The van der Waals surface area contributed by atoms with Crippen molar-refractivity contribution in [2.24, 2.45) is 0 Å². The van der Waals surface area contributed by atoms with Gasteiger partial charge >= 0.3 is 0 Å². The third-order valence-electron chi connectivity index (χ3n) is 3.47. The van der Waals surface area contributed by atoms with E-state index >= 15 is 0 Å². The minimum atomic E-state index is -0.396.